The Balaban J connectivity index is 1.56. The zero-order chi connectivity index (χ0) is 18.1. The second kappa shape index (κ2) is 6.77. The van der Waals surface area contributed by atoms with Gasteiger partial charge in [0.25, 0.3) is 0 Å². The van der Waals surface area contributed by atoms with Gasteiger partial charge in [0, 0.05) is 17.3 Å². The Morgan fingerprint density at radius 2 is 1.96 bits per heavy atom. The van der Waals surface area contributed by atoms with Gasteiger partial charge in [0.15, 0.2) is 0 Å². The van der Waals surface area contributed by atoms with Crippen molar-refractivity contribution >= 4 is 34.7 Å². The lowest BCUT2D eigenvalue weighted by atomic mass is 10.2. The normalized spacial score (nSPS) is 11.7. The molecule has 0 bridgehead atoms. The van der Waals surface area contributed by atoms with Crippen molar-refractivity contribution in [3.8, 4) is 0 Å². The molecule has 0 aliphatic carbocycles. The van der Waals surface area contributed by atoms with Crippen LogP contribution in [0.1, 0.15) is 23.0 Å². The molecule has 0 amide bonds. The highest BCUT2D eigenvalue weighted by atomic mass is 35.5. The van der Waals surface area contributed by atoms with E-state index in [4.69, 9.17) is 16.0 Å². The average Bonchev–Trinajstić information content (AvgIpc) is 3.19. The van der Waals surface area contributed by atoms with E-state index in [0.29, 0.717) is 28.9 Å². The van der Waals surface area contributed by atoms with Crippen molar-refractivity contribution in [1.29, 1.82) is 0 Å². The molecule has 4 aromatic rings. The van der Waals surface area contributed by atoms with E-state index in [2.05, 4.69) is 33.0 Å². The molecule has 0 N–H and O–H groups in total. The molecule has 0 radical (unpaired) electrons. The van der Waals surface area contributed by atoms with Crippen LogP contribution in [-0.2, 0) is 6.54 Å². The Hall–Kier alpha value is -2.92. The SMILES string of the molecule is Cc1cc2ccccc2n1Cc1nnc(/C=C/c2ccc(F)cc2Cl)o1. The van der Waals surface area contributed by atoms with Gasteiger partial charge in [0.1, 0.15) is 12.4 Å². The Kier molecular flexibility index (Phi) is 4.31. The molecule has 0 fully saturated rings. The zero-order valence-corrected chi connectivity index (χ0v) is 14.7. The highest BCUT2D eigenvalue weighted by molar-refractivity contribution is 6.32. The predicted octanol–water partition coefficient (Wildman–Crippen LogP) is 5.34. The minimum Gasteiger partial charge on any atom is -0.419 e. The third-order valence-corrected chi connectivity index (χ3v) is 4.49. The smallest absolute Gasteiger partial charge is 0.240 e. The summed E-state index contributed by atoms with van der Waals surface area (Å²) in [6.07, 6.45) is 3.38. The molecule has 0 unspecified atom stereocenters. The van der Waals surface area contributed by atoms with Crippen LogP contribution in [0, 0.1) is 12.7 Å². The molecule has 4 nitrogen and oxygen atoms in total. The van der Waals surface area contributed by atoms with Crippen molar-refractivity contribution in [1.82, 2.24) is 14.8 Å². The number of nitrogens with zero attached hydrogens (tertiary/aromatic N) is 3. The number of hydrogen-bond acceptors (Lipinski definition) is 3. The van der Waals surface area contributed by atoms with Gasteiger partial charge in [-0.25, -0.2) is 4.39 Å². The average molecular weight is 368 g/mol. The van der Waals surface area contributed by atoms with E-state index in [9.17, 15) is 4.39 Å². The number of halogens is 2. The fraction of sp³-hybridized carbons (Fsp3) is 0.100. The number of hydrogen-bond donors (Lipinski definition) is 0. The lowest BCUT2D eigenvalue weighted by molar-refractivity contribution is 0.472. The van der Waals surface area contributed by atoms with Gasteiger partial charge in [-0.3, -0.25) is 0 Å². The van der Waals surface area contributed by atoms with Gasteiger partial charge in [0.05, 0.1) is 5.02 Å². The molecule has 0 atom stereocenters. The third kappa shape index (κ3) is 3.26. The predicted molar refractivity (Wildman–Crippen MR) is 100 cm³/mol. The first-order valence-electron chi connectivity index (χ1n) is 8.10. The minimum absolute atomic E-state index is 0.329. The maximum absolute atomic E-state index is 13.1. The Morgan fingerprint density at radius 3 is 2.81 bits per heavy atom. The summed E-state index contributed by atoms with van der Waals surface area (Å²) in [5, 5.41) is 9.65. The van der Waals surface area contributed by atoms with Crippen molar-refractivity contribution in [2.24, 2.45) is 0 Å². The maximum atomic E-state index is 13.1. The second-order valence-corrected chi connectivity index (χ2v) is 6.37. The van der Waals surface area contributed by atoms with Gasteiger partial charge in [-0.2, -0.15) is 0 Å². The fourth-order valence-corrected chi connectivity index (χ4v) is 3.12. The van der Waals surface area contributed by atoms with E-state index in [-0.39, 0.29) is 5.82 Å². The highest BCUT2D eigenvalue weighted by Gasteiger charge is 2.10. The summed E-state index contributed by atoms with van der Waals surface area (Å²) < 4.78 is 20.9. The van der Waals surface area contributed by atoms with Crippen molar-refractivity contribution in [3.05, 3.63) is 82.4 Å². The number of rotatable bonds is 4. The highest BCUT2D eigenvalue weighted by Crippen LogP contribution is 2.22. The van der Waals surface area contributed by atoms with Gasteiger partial charge >= 0.3 is 0 Å². The van der Waals surface area contributed by atoms with Crippen molar-refractivity contribution in [2.75, 3.05) is 0 Å². The monoisotopic (exact) mass is 367 g/mol. The number of benzene rings is 2. The fourth-order valence-electron chi connectivity index (χ4n) is 2.89. The van der Waals surface area contributed by atoms with Gasteiger partial charge < -0.3 is 8.98 Å². The molecular weight excluding hydrogens is 353 g/mol. The maximum Gasteiger partial charge on any atom is 0.240 e. The molecule has 2 heterocycles. The molecule has 2 aromatic carbocycles. The van der Waals surface area contributed by atoms with E-state index in [0.717, 1.165) is 11.2 Å². The number of aromatic nitrogens is 3. The molecule has 6 heteroatoms. The van der Waals surface area contributed by atoms with E-state index in [1.54, 1.807) is 18.2 Å². The Bertz CT molecular complexity index is 1110. The van der Waals surface area contributed by atoms with E-state index < -0.39 is 0 Å². The third-order valence-electron chi connectivity index (χ3n) is 4.16. The van der Waals surface area contributed by atoms with Crippen molar-refractivity contribution < 1.29 is 8.81 Å². The van der Waals surface area contributed by atoms with Gasteiger partial charge in [-0.05, 0) is 48.2 Å². The second-order valence-electron chi connectivity index (χ2n) is 5.96. The standard InChI is InChI=1S/C20H15ClFN3O/c1-13-10-15-4-2-3-5-18(15)25(13)12-20-24-23-19(26-20)9-7-14-6-8-16(22)11-17(14)21/h2-11H,12H2,1H3/b9-7+. The van der Waals surface area contributed by atoms with Crippen molar-refractivity contribution in [3.63, 3.8) is 0 Å². The van der Waals surface area contributed by atoms with Crippen LogP contribution >= 0.6 is 11.6 Å². The van der Waals surface area contributed by atoms with E-state index >= 15 is 0 Å². The molecule has 4 rings (SSSR count). The number of fused-ring (bicyclic) bond motifs is 1. The lowest BCUT2D eigenvalue weighted by Gasteiger charge is -2.04. The quantitative estimate of drug-likeness (QED) is 0.488. The van der Waals surface area contributed by atoms with Crippen LogP contribution in [-0.4, -0.2) is 14.8 Å². The van der Waals surface area contributed by atoms with Crippen LogP contribution in [0.3, 0.4) is 0 Å². The molecule has 0 saturated carbocycles. The largest absolute Gasteiger partial charge is 0.419 e. The zero-order valence-electron chi connectivity index (χ0n) is 14.0. The first-order chi connectivity index (χ1) is 12.6. The molecule has 0 saturated heterocycles. The summed E-state index contributed by atoms with van der Waals surface area (Å²) in [5.74, 6) is 0.510. The van der Waals surface area contributed by atoms with Crippen LogP contribution < -0.4 is 0 Å². The molecule has 0 aliphatic rings. The van der Waals surface area contributed by atoms with Crippen LogP contribution in [0.2, 0.25) is 5.02 Å². The van der Waals surface area contributed by atoms with Crippen molar-refractivity contribution in [2.45, 2.75) is 13.5 Å². The first kappa shape index (κ1) is 16.5. The number of aryl methyl sites for hydroxylation is 1. The summed E-state index contributed by atoms with van der Waals surface area (Å²) in [6, 6.07) is 14.5. The van der Waals surface area contributed by atoms with Crippen LogP contribution in [0.4, 0.5) is 4.39 Å². The summed E-state index contributed by atoms with van der Waals surface area (Å²) >= 11 is 6.01. The van der Waals surface area contributed by atoms with E-state index in [1.807, 2.05) is 19.1 Å². The lowest BCUT2D eigenvalue weighted by Crippen LogP contribution is -2.01. The summed E-state index contributed by atoms with van der Waals surface area (Å²) in [5.41, 5.74) is 2.93. The van der Waals surface area contributed by atoms with Gasteiger partial charge in [0.2, 0.25) is 11.8 Å². The summed E-state index contributed by atoms with van der Waals surface area (Å²) in [7, 11) is 0. The van der Waals surface area contributed by atoms with E-state index in [1.165, 1.54) is 17.5 Å². The minimum atomic E-state index is -0.374. The summed E-state index contributed by atoms with van der Waals surface area (Å²) in [4.78, 5) is 0. The Morgan fingerprint density at radius 1 is 1.12 bits per heavy atom. The summed E-state index contributed by atoms with van der Waals surface area (Å²) in [6.45, 7) is 2.55. The molecular formula is C20H15ClFN3O. The van der Waals surface area contributed by atoms with Crippen LogP contribution in [0.5, 0.6) is 0 Å². The molecule has 0 aliphatic heterocycles. The van der Waals surface area contributed by atoms with Gasteiger partial charge in [-0.15, -0.1) is 10.2 Å². The molecule has 26 heavy (non-hydrogen) atoms. The topological polar surface area (TPSA) is 43.9 Å². The first-order valence-corrected chi connectivity index (χ1v) is 8.48. The van der Waals surface area contributed by atoms with Crippen LogP contribution in [0.25, 0.3) is 23.1 Å². The Labute approximate surface area is 154 Å². The van der Waals surface area contributed by atoms with Crippen LogP contribution in [0.15, 0.2) is 52.9 Å². The van der Waals surface area contributed by atoms with Gasteiger partial charge in [-0.1, -0.05) is 35.9 Å². The molecule has 0 spiro atoms. The molecule has 130 valence electrons. The number of para-hydroxylation sites is 1. The molecule has 2 aromatic heterocycles.